The number of nitrogens with zero attached hydrogens (tertiary/aromatic N) is 1. The summed E-state index contributed by atoms with van der Waals surface area (Å²) in [5.74, 6) is 1.08. The van der Waals surface area contributed by atoms with Gasteiger partial charge in [-0.15, -0.1) is 0 Å². The highest BCUT2D eigenvalue weighted by atomic mass is 16.5. The van der Waals surface area contributed by atoms with Gasteiger partial charge in [0.15, 0.2) is 0 Å². The highest BCUT2D eigenvalue weighted by Crippen LogP contribution is 2.43. The van der Waals surface area contributed by atoms with Gasteiger partial charge in [0.1, 0.15) is 28.9 Å². The molecule has 128 valence electrons. The van der Waals surface area contributed by atoms with Gasteiger partial charge in [-0.3, -0.25) is 0 Å². The first-order chi connectivity index (χ1) is 12.1. The minimum atomic E-state index is -0.334. The zero-order chi connectivity index (χ0) is 17.8. The molecule has 1 heterocycles. The molecule has 25 heavy (non-hydrogen) atoms. The molecule has 3 rings (SSSR count). The van der Waals surface area contributed by atoms with Crippen molar-refractivity contribution >= 4 is 0 Å². The van der Waals surface area contributed by atoms with E-state index in [-0.39, 0.29) is 17.6 Å². The molecule has 0 unspecified atom stereocenters. The maximum absolute atomic E-state index is 9.68. The molecule has 0 aromatic heterocycles. The number of unbranched alkanes of at least 4 members (excludes halogenated alkanes) is 1. The highest BCUT2D eigenvalue weighted by molar-refractivity contribution is 5.57. The summed E-state index contributed by atoms with van der Waals surface area (Å²) < 4.78 is 11.2. The molecule has 0 amide bonds. The second kappa shape index (κ2) is 7.18. The number of hydrogen-bond acceptors (Lipinski definition) is 5. The second-order valence-electron chi connectivity index (χ2n) is 5.92. The monoisotopic (exact) mass is 336 g/mol. The largest absolute Gasteiger partial charge is 0.508 e. The van der Waals surface area contributed by atoms with Gasteiger partial charge in [0.25, 0.3) is 0 Å². The normalized spacial score (nSPS) is 15.9. The molecule has 2 aromatic rings. The molecule has 0 saturated heterocycles. The van der Waals surface area contributed by atoms with E-state index in [9.17, 15) is 10.4 Å². The Morgan fingerprint density at radius 3 is 2.68 bits per heavy atom. The Morgan fingerprint density at radius 1 is 1.24 bits per heavy atom. The summed E-state index contributed by atoms with van der Waals surface area (Å²) in [7, 11) is 0. The molecule has 3 N–H and O–H groups in total. The van der Waals surface area contributed by atoms with Crippen LogP contribution in [0.3, 0.4) is 0 Å². The Labute approximate surface area is 146 Å². The molecule has 5 nitrogen and oxygen atoms in total. The van der Waals surface area contributed by atoms with Gasteiger partial charge in [-0.1, -0.05) is 31.5 Å². The number of fused-ring (bicyclic) bond motifs is 1. The van der Waals surface area contributed by atoms with Crippen molar-refractivity contribution in [1.29, 1.82) is 5.26 Å². The lowest BCUT2D eigenvalue weighted by Crippen LogP contribution is -2.20. The minimum absolute atomic E-state index is 0.0638. The number of allylic oxidation sites excluding steroid dienone is 1. The third-order valence-corrected chi connectivity index (χ3v) is 4.18. The Morgan fingerprint density at radius 2 is 2.00 bits per heavy atom. The van der Waals surface area contributed by atoms with Crippen molar-refractivity contribution in [2.75, 3.05) is 6.61 Å². The number of ether oxygens (including phenoxy) is 2. The van der Waals surface area contributed by atoms with Gasteiger partial charge in [0, 0.05) is 11.6 Å². The number of phenols is 1. The lowest BCUT2D eigenvalue weighted by molar-refractivity contribution is 0.309. The van der Waals surface area contributed by atoms with Crippen molar-refractivity contribution in [3.8, 4) is 23.3 Å². The number of rotatable bonds is 5. The van der Waals surface area contributed by atoms with Crippen molar-refractivity contribution in [3.05, 3.63) is 65.0 Å². The summed E-state index contributed by atoms with van der Waals surface area (Å²) in [6, 6.07) is 14.6. The summed E-state index contributed by atoms with van der Waals surface area (Å²) in [4.78, 5) is 0. The first-order valence-corrected chi connectivity index (χ1v) is 8.27. The van der Waals surface area contributed by atoms with Gasteiger partial charge in [-0.2, -0.15) is 5.26 Å². The molecular weight excluding hydrogens is 316 g/mol. The van der Waals surface area contributed by atoms with Crippen LogP contribution in [0.4, 0.5) is 0 Å². The summed E-state index contributed by atoms with van der Waals surface area (Å²) in [6.07, 6.45) is 2.09. The maximum atomic E-state index is 9.68. The lowest BCUT2D eigenvalue weighted by Gasteiger charge is -2.26. The molecule has 0 aliphatic carbocycles. The van der Waals surface area contributed by atoms with Crippen LogP contribution in [0.5, 0.6) is 17.2 Å². The number of nitrogens with two attached hydrogens (primary N) is 1. The molecule has 1 aliphatic rings. The van der Waals surface area contributed by atoms with E-state index in [1.54, 1.807) is 12.1 Å². The first kappa shape index (κ1) is 16.7. The molecule has 5 heteroatoms. The van der Waals surface area contributed by atoms with Crippen molar-refractivity contribution in [1.82, 2.24) is 0 Å². The standard InChI is InChI=1S/C20H20N2O3/c1-2-3-10-24-15-7-4-13(5-8-15)19-16-9-6-14(23)11-18(16)25-20(22)17(19)12-21/h4-9,11,19,23H,2-3,10,22H2,1H3/t19-/m1/s1. The van der Waals surface area contributed by atoms with Crippen molar-refractivity contribution in [3.63, 3.8) is 0 Å². The number of aromatic hydroxyl groups is 1. The molecule has 2 aromatic carbocycles. The predicted octanol–water partition coefficient (Wildman–Crippen LogP) is 3.79. The molecule has 0 bridgehead atoms. The van der Waals surface area contributed by atoms with E-state index in [1.807, 2.05) is 24.3 Å². The lowest BCUT2D eigenvalue weighted by atomic mass is 9.83. The molecule has 0 radical (unpaired) electrons. The smallest absolute Gasteiger partial charge is 0.205 e. The van der Waals surface area contributed by atoms with Crippen molar-refractivity contribution in [2.45, 2.75) is 25.7 Å². The van der Waals surface area contributed by atoms with E-state index in [0.717, 1.165) is 29.7 Å². The van der Waals surface area contributed by atoms with Gasteiger partial charge < -0.3 is 20.3 Å². The molecule has 0 saturated carbocycles. The summed E-state index contributed by atoms with van der Waals surface area (Å²) >= 11 is 0. The fourth-order valence-electron chi connectivity index (χ4n) is 2.88. The summed E-state index contributed by atoms with van der Waals surface area (Å²) in [6.45, 7) is 2.80. The first-order valence-electron chi connectivity index (χ1n) is 8.27. The van der Waals surface area contributed by atoms with E-state index in [0.29, 0.717) is 17.9 Å². The Balaban J connectivity index is 1.96. The Hall–Kier alpha value is -3.13. The van der Waals surface area contributed by atoms with Crippen molar-refractivity contribution < 1.29 is 14.6 Å². The third kappa shape index (κ3) is 3.38. The molecule has 0 spiro atoms. The van der Waals surface area contributed by atoms with Gasteiger partial charge in [-0.05, 0) is 30.2 Å². The van der Waals surface area contributed by atoms with Gasteiger partial charge in [-0.25, -0.2) is 0 Å². The van der Waals surface area contributed by atoms with Crippen LogP contribution in [-0.2, 0) is 0 Å². The molecule has 0 fully saturated rings. The van der Waals surface area contributed by atoms with Crippen LogP contribution in [-0.4, -0.2) is 11.7 Å². The summed E-state index contributed by atoms with van der Waals surface area (Å²) in [5, 5.41) is 19.2. The van der Waals surface area contributed by atoms with Gasteiger partial charge >= 0.3 is 0 Å². The van der Waals surface area contributed by atoms with Crippen LogP contribution in [0.2, 0.25) is 0 Å². The van der Waals surface area contributed by atoms with E-state index in [4.69, 9.17) is 15.2 Å². The van der Waals surface area contributed by atoms with Crippen LogP contribution < -0.4 is 15.2 Å². The number of benzene rings is 2. The van der Waals surface area contributed by atoms with Crippen LogP contribution >= 0.6 is 0 Å². The maximum Gasteiger partial charge on any atom is 0.205 e. The van der Waals surface area contributed by atoms with Gasteiger partial charge in [0.05, 0.1) is 12.5 Å². The van der Waals surface area contributed by atoms with Crippen LogP contribution in [0.15, 0.2) is 53.9 Å². The van der Waals surface area contributed by atoms with Crippen molar-refractivity contribution in [2.24, 2.45) is 5.73 Å². The molecule has 1 aliphatic heterocycles. The topological polar surface area (TPSA) is 88.5 Å². The average Bonchev–Trinajstić information content (AvgIpc) is 2.61. The highest BCUT2D eigenvalue weighted by Gasteiger charge is 2.30. The van der Waals surface area contributed by atoms with Crippen LogP contribution in [0.25, 0.3) is 0 Å². The minimum Gasteiger partial charge on any atom is -0.508 e. The third-order valence-electron chi connectivity index (χ3n) is 4.18. The van der Waals surface area contributed by atoms with Crippen LogP contribution in [0.1, 0.15) is 36.8 Å². The molecular formula is C20H20N2O3. The Bertz CT molecular complexity index is 835. The zero-order valence-electron chi connectivity index (χ0n) is 14.0. The number of phenolic OH excluding ortho intramolecular Hbond substituents is 1. The predicted molar refractivity (Wildman–Crippen MR) is 94.2 cm³/mol. The zero-order valence-corrected chi connectivity index (χ0v) is 14.0. The second-order valence-corrected chi connectivity index (χ2v) is 5.92. The fourth-order valence-corrected chi connectivity index (χ4v) is 2.88. The Kier molecular flexibility index (Phi) is 4.80. The summed E-state index contributed by atoms with van der Waals surface area (Å²) in [5.41, 5.74) is 7.99. The number of nitriles is 1. The SMILES string of the molecule is CCCCOc1ccc([C@H]2C(C#N)=C(N)Oc3cc(O)ccc32)cc1. The van der Waals surface area contributed by atoms with E-state index in [1.165, 1.54) is 6.07 Å². The van der Waals surface area contributed by atoms with E-state index in [2.05, 4.69) is 13.0 Å². The molecule has 1 atom stereocenters. The van der Waals surface area contributed by atoms with E-state index < -0.39 is 0 Å². The average molecular weight is 336 g/mol. The number of hydrogen-bond donors (Lipinski definition) is 2. The van der Waals surface area contributed by atoms with Crippen LogP contribution in [0, 0.1) is 11.3 Å². The fraction of sp³-hybridized carbons (Fsp3) is 0.250. The van der Waals surface area contributed by atoms with Gasteiger partial charge in [0.2, 0.25) is 5.88 Å². The van der Waals surface area contributed by atoms with E-state index >= 15 is 0 Å². The quantitative estimate of drug-likeness (QED) is 0.811.